The molecule has 0 aliphatic heterocycles. The molecule has 0 spiro atoms. The highest BCUT2D eigenvalue weighted by Crippen LogP contribution is 2.35. The number of ether oxygens (including phenoxy) is 1. The third-order valence-electron chi connectivity index (χ3n) is 2.67. The summed E-state index contributed by atoms with van der Waals surface area (Å²) in [5.74, 6) is 0.616. The van der Waals surface area contributed by atoms with E-state index in [0.29, 0.717) is 16.9 Å². The molecule has 0 saturated heterocycles. The molecule has 0 heterocycles. The molecule has 0 aliphatic carbocycles. The first kappa shape index (κ1) is 14.2. The van der Waals surface area contributed by atoms with Crippen LogP contribution in [0.25, 0.3) is 11.1 Å². The molecule has 0 unspecified atom stereocenters. The first-order valence-electron chi connectivity index (χ1n) is 5.43. The molecular weight excluding hydrogens is 368 g/mol. The second-order valence-corrected chi connectivity index (χ2v) is 5.09. The second kappa shape index (κ2) is 5.40. The number of halogens is 4. The molecule has 0 atom stereocenters. The Morgan fingerprint density at radius 2 is 1.79 bits per heavy atom. The van der Waals surface area contributed by atoms with Crippen molar-refractivity contribution in [1.82, 2.24) is 0 Å². The number of alkyl halides is 3. The van der Waals surface area contributed by atoms with Crippen molar-refractivity contribution in [2.24, 2.45) is 0 Å². The Bertz CT molecular complexity index is 593. The lowest BCUT2D eigenvalue weighted by molar-refractivity contribution is -0.137. The van der Waals surface area contributed by atoms with E-state index >= 15 is 0 Å². The molecular formula is C14H10F3IO. The van der Waals surface area contributed by atoms with Gasteiger partial charge in [0.25, 0.3) is 0 Å². The van der Waals surface area contributed by atoms with Gasteiger partial charge in [-0.05, 0) is 64.0 Å². The van der Waals surface area contributed by atoms with Crippen LogP contribution >= 0.6 is 22.6 Å². The molecule has 5 heteroatoms. The van der Waals surface area contributed by atoms with Crippen LogP contribution in [0.1, 0.15) is 5.56 Å². The minimum atomic E-state index is -4.34. The van der Waals surface area contributed by atoms with E-state index in [9.17, 15) is 13.2 Å². The molecule has 0 aromatic heterocycles. The van der Waals surface area contributed by atoms with E-state index in [1.54, 1.807) is 24.3 Å². The highest BCUT2D eigenvalue weighted by atomic mass is 127. The lowest BCUT2D eigenvalue weighted by atomic mass is 10.0. The van der Waals surface area contributed by atoms with Gasteiger partial charge in [0.05, 0.1) is 12.7 Å². The van der Waals surface area contributed by atoms with Crippen molar-refractivity contribution in [2.75, 3.05) is 7.11 Å². The molecule has 0 radical (unpaired) electrons. The lowest BCUT2D eigenvalue weighted by Crippen LogP contribution is -2.05. The fourth-order valence-electron chi connectivity index (χ4n) is 1.71. The van der Waals surface area contributed by atoms with Crippen molar-refractivity contribution in [3.8, 4) is 16.9 Å². The maximum Gasteiger partial charge on any atom is 0.416 e. The predicted molar refractivity (Wildman–Crippen MR) is 76.1 cm³/mol. The summed E-state index contributed by atoms with van der Waals surface area (Å²) in [4.78, 5) is 0. The molecule has 2 aromatic carbocycles. The van der Waals surface area contributed by atoms with Gasteiger partial charge in [-0.2, -0.15) is 13.2 Å². The fraction of sp³-hybridized carbons (Fsp3) is 0.143. The van der Waals surface area contributed by atoms with Crippen molar-refractivity contribution >= 4 is 22.6 Å². The molecule has 0 N–H and O–H groups in total. The third-order valence-corrected chi connectivity index (χ3v) is 3.62. The summed E-state index contributed by atoms with van der Waals surface area (Å²) < 4.78 is 44.1. The van der Waals surface area contributed by atoms with E-state index in [1.165, 1.54) is 13.2 Å². The lowest BCUT2D eigenvalue weighted by Gasteiger charge is -2.11. The maximum atomic E-state index is 12.7. The Labute approximate surface area is 122 Å². The second-order valence-electron chi connectivity index (χ2n) is 3.92. The zero-order valence-electron chi connectivity index (χ0n) is 9.96. The van der Waals surface area contributed by atoms with Gasteiger partial charge in [0, 0.05) is 3.57 Å². The minimum absolute atomic E-state index is 0.550. The fourth-order valence-corrected chi connectivity index (χ4v) is 2.36. The summed E-state index contributed by atoms with van der Waals surface area (Å²) in [6, 6.07) is 10.7. The maximum absolute atomic E-state index is 12.7. The van der Waals surface area contributed by atoms with E-state index in [0.717, 1.165) is 15.7 Å². The Morgan fingerprint density at radius 1 is 1.05 bits per heavy atom. The Kier molecular flexibility index (Phi) is 4.03. The summed E-state index contributed by atoms with van der Waals surface area (Å²) in [5, 5.41) is 0. The van der Waals surface area contributed by atoms with Crippen molar-refractivity contribution in [1.29, 1.82) is 0 Å². The van der Waals surface area contributed by atoms with Crippen LogP contribution in [0.15, 0.2) is 42.5 Å². The van der Waals surface area contributed by atoms with Crippen LogP contribution in [0, 0.1) is 3.57 Å². The molecule has 1 nitrogen and oxygen atoms in total. The summed E-state index contributed by atoms with van der Waals surface area (Å²) in [6.45, 7) is 0. The number of hydrogen-bond donors (Lipinski definition) is 0. The van der Waals surface area contributed by atoms with Gasteiger partial charge in [-0.15, -0.1) is 0 Å². The monoisotopic (exact) mass is 378 g/mol. The van der Waals surface area contributed by atoms with Crippen molar-refractivity contribution < 1.29 is 17.9 Å². The molecule has 0 aliphatic rings. The molecule has 19 heavy (non-hydrogen) atoms. The molecule has 2 aromatic rings. The normalized spacial score (nSPS) is 11.4. The average Bonchev–Trinajstić information content (AvgIpc) is 2.38. The first-order valence-corrected chi connectivity index (χ1v) is 6.51. The van der Waals surface area contributed by atoms with Crippen LogP contribution in [0.4, 0.5) is 13.2 Å². The van der Waals surface area contributed by atoms with Crippen LogP contribution in [-0.2, 0) is 6.18 Å². The summed E-state index contributed by atoms with van der Waals surface area (Å²) in [5.41, 5.74) is 0.606. The van der Waals surface area contributed by atoms with Crippen LogP contribution in [-0.4, -0.2) is 7.11 Å². The number of rotatable bonds is 2. The first-order chi connectivity index (χ1) is 8.91. The van der Waals surface area contributed by atoms with Gasteiger partial charge in [0.15, 0.2) is 0 Å². The number of methoxy groups -OCH3 is 1. The van der Waals surface area contributed by atoms with Crippen molar-refractivity contribution in [3.05, 3.63) is 51.6 Å². The molecule has 0 bridgehead atoms. The van der Waals surface area contributed by atoms with E-state index in [1.807, 2.05) is 22.6 Å². The summed E-state index contributed by atoms with van der Waals surface area (Å²) in [7, 11) is 1.52. The van der Waals surface area contributed by atoms with Crippen molar-refractivity contribution in [3.63, 3.8) is 0 Å². The van der Waals surface area contributed by atoms with Crippen LogP contribution in [0.2, 0.25) is 0 Å². The average molecular weight is 378 g/mol. The van der Waals surface area contributed by atoms with Crippen LogP contribution < -0.4 is 4.74 Å². The third kappa shape index (κ3) is 3.20. The Hall–Kier alpha value is -1.24. The zero-order valence-corrected chi connectivity index (χ0v) is 12.1. The van der Waals surface area contributed by atoms with E-state index < -0.39 is 11.7 Å². The van der Waals surface area contributed by atoms with Gasteiger partial charge in [0.2, 0.25) is 0 Å². The standard InChI is InChI=1S/C14H10F3IO/c1-19-11-4-2-3-9(7-11)12-8-10(14(15,16)17)5-6-13(12)18/h2-8H,1H3. The van der Waals surface area contributed by atoms with Gasteiger partial charge >= 0.3 is 6.18 Å². The van der Waals surface area contributed by atoms with E-state index in [-0.39, 0.29) is 0 Å². The number of hydrogen-bond acceptors (Lipinski definition) is 1. The molecule has 0 fully saturated rings. The molecule has 0 saturated carbocycles. The smallest absolute Gasteiger partial charge is 0.416 e. The SMILES string of the molecule is COc1cccc(-c2cc(C(F)(F)F)ccc2I)c1. The van der Waals surface area contributed by atoms with Crippen LogP contribution in [0.3, 0.4) is 0 Å². The van der Waals surface area contributed by atoms with E-state index in [4.69, 9.17) is 4.74 Å². The predicted octanol–water partition coefficient (Wildman–Crippen LogP) is 4.99. The molecule has 0 amide bonds. The zero-order chi connectivity index (χ0) is 14.0. The largest absolute Gasteiger partial charge is 0.497 e. The van der Waals surface area contributed by atoms with Crippen molar-refractivity contribution in [2.45, 2.75) is 6.18 Å². The Balaban J connectivity index is 2.54. The van der Waals surface area contributed by atoms with Gasteiger partial charge in [-0.25, -0.2) is 0 Å². The van der Waals surface area contributed by atoms with Gasteiger partial charge in [-0.1, -0.05) is 12.1 Å². The van der Waals surface area contributed by atoms with Gasteiger partial charge in [-0.3, -0.25) is 0 Å². The quantitative estimate of drug-likeness (QED) is 0.670. The molecule has 100 valence electrons. The van der Waals surface area contributed by atoms with Gasteiger partial charge < -0.3 is 4.74 Å². The topological polar surface area (TPSA) is 9.23 Å². The van der Waals surface area contributed by atoms with Crippen LogP contribution in [0.5, 0.6) is 5.75 Å². The van der Waals surface area contributed by atoms with E-state index in [2.05, 4.69) is 0 Å². The highest BCUT2D eigenvalue weighted by Gasteiger charge is 2.30. The van der Waals surface area contributed by atoms with Gasteiger partial charge in [0.1, 0.15) is 5.75 Å². The summed E-state index contributed by atoms with van der Waals surface area (Å²) >= 11 is 2.02. The molecule has 2 rings (SSSR count). The highest BCUT2D eigenvalue weighted by molar-refractivity contribution is 14.1. The number of benzene rings is 2. The minimum Gasteiger partial charge on any atom is -0.497 e. The Morgan fingerprint density at radius 3 is 2.42 bits per heavy atom. The summed E-state index contributed by atoms with van der Waals surface area (Å²) in [6.07, 6.45) is -4.34.